The summed E-state index contributed by atoms with van der Waals surface area (Å²) in [7, 11) is 1.69. The quantitative estimate of drug-likeness (QED) is 0.362. The maximum Gasteiger partial charge on any atom is 0.175 e. The second-order valence-electron chi connectivity index (χ2n) is 7.42. The Balaban J connectivity index is 1.55. The number of hydrogen-bond acceptors (Lipinski definition) is 3. The monoisotopic (exact) mass is 443 g/mol. The Hall–Kier alpha value is -1.78. The van der Waals surface area contributed by atoms with E-state index in [1.54, 1.807) is 12.7 Å². The van der Waals surface area contributed by atoms with Crippen LogP contribution in [0.5, 0.6) is 11.5 Å². The lowest BCUT2D eigenvalue weighted by atomic mass is 9.97. The molecule has 0 saturated carbocycles. The highest BCUT2D eigenvalue weighted by Gasteiger charge is 2.12. The standard InChI is InChI=1S/C24H30BrNO2/c1-18-8-10-20(11-9-18)17-28-24-22(25)14-21(15-23(24)27-2)16-26-13-12-19-6-4-3-5-7-19/h6,8-11,14-15,26H,3-5,7,12-13,16-17H2,1-2H3. The molecule has 4 heteroatoms. The molecule has 0 unspecified atom stereocenters. The van der Waals surface area contributed by atoms with Gasteiger partial charge in [-0.3, -0.25) is 0 Å². The lowest BCUT2D eigenvalue weighted by Gasteiger charge is -2.16. The van der Waals surface area contributed by atoms with Gasteiger partial charge in [0.25, 0.3) is 0 Å². The Labute approximate surface area is 177 Å². The number of aryl methyl sites for hydroxylation is 1. The average molecular weight is 444 g/mol. The second-order valence-corrected chi connectivity index (χ2v) is 8.27. The highest BCUT2D eigenvalue weighted by molar-refractivity contribution is 9.10. The van der Waals surface area contributed by atoms with Gasteiger partial charge in [0.05, 0.1) is 11.6 Å². The van der Waals surface area contributed by atoms with Crippen molar-refractivity contribution in [3.63, 3.8) is 0 Å². The summed E-state index contributed by atoms with van der Waals surface area (Å²) in [5, 5.41) is 3.55. The van der Waals surface area contributed by atoms with Crippen LogP contribution in [0, 0.1) is 6.92 Å². The van der Waals surface area contributed by atoms with E-state index in [0.29, 0.717) is 6.61 Å². The Morgan fingerprint density at radius 2 is 1.89 bits per heavy atom. The Bertz CT molecular complexity index is 799. The van der Waals surface area contributed by atoms with Crippen LogP contribution in [-0.4, -0.2) is 13.7 Å². The molecule has 0 bridgehead atoms. The van der Waals surface area contributed by atoms with Crippen molar-refractivity contribution in [2.45, 2.75) is 52.2 Å². The molecule has 0 aliphatic heterocycles. The molecular formula is C24H30BrNO2. The van der Waals surface area contributed by atoms with E-state index in [4.69, 9.17) is 9.47 Å². The number of halogens is 1. The fourth-order valence-electron chi connectivity index (χ4n) is 3.47. The topological polar surface area (TPSA) is 30.5 Å². The molecule has 1 N–H and O–H groups in total. The predicted octanol–water partition coefficient (Wildman–Crippen LogP) is 6.33. The van der Waals surface area contributed by atoms with Crippen molar-refractivity contribution in [2.24, 2.45) is 0 Å². The van der Waals surface area contributed by atoms with Gasteiger partial charge >= 0.3 is 0 Å². The maximum atomic E-state index is 6.04. The van der Waals surface area contributed by atoms with Crippen LogP contribution in [0.4, 0.5) is 0 Å². The number of nitrogens with one attached hydrogen (secondary N) is 1. The van der Waals surface area contributed by atoms with Gasteiger partial charge in [-0.05, 0) is 84.8 Å². The lowest BCUT2D eigenvalue weighted by Crippen LogP contribution is -2.16. The first-order chi connectivity index (χ1) is 13.7. The van der Waals surface area contributed by atoms with Gasteiger partial charge in [0.1, 0.15) is 6.61 Å². The molecule has 3 nitrogen and oxygen atoms in total. The largest absolute Gasteiger partial charge is 0.493 e. The van der Waals surface area contributed by atoms with Crippen molar-refractivity contribution in [1.82, 2.24) is 5.32 Å². The zero-order valence-corrected chi connectivity index (χ0v) is 18.5. The zero-order chi connectivity index (χ0) is 19.8. The molecular weight excluding hydrogens is 414 g/mol. The van der Waals surface area contributed by atoms with Crippen molar-refractivity contribution >= 4 is 15.9 Å². The van der Waals surface area contributed by atoms with E-state index >= 15 is 0 Å². The van der Waals surface area contributed by atoms with Crippen LogP contribution in [0.15, 0.2) is 52.5 Å². The van der Waals surface area contributed by atoms with E-state index in [0.717, 1.165) is 41.0 Å². The van der Waals surface area contributed by atoms with Gasteiger partial charge in [-0.1, -0.05) is 41.5 Å². The third kappa shape index (κ3) is 6.11. The minimum Gasteiger partial charge on any atom is -0.493 e. The second kappa shape index (κ2) is 10.7. The molecule has 1 aliphatic carbocycles. The molecule has 0 amide bonds. The molecule has 0 atom stereocenters. The SMILES string of the molecule is COc1cc(CNCCC2=CCCCC2)cc(Br)c1OCc1ccc(C)cc1. The van der Waals surface area contributed by atoms with Gasteiger partial charge in [0, 0.05) is 6.54 Å². The minimum atomic E-state index is 0.516. The number of rotatable bonds is 9. The highest BCUT2D eigenvalue weighted by Crippen LogP contribution is 2.37. The van der Waals surface area contributed by atoms with Crippen LogP contribution in [0.3, 0.4) is 0 Å². The van der Waals surface area contributed by atoms with Crippen molar-refractivity contribution in [2.75, 3.05) is 13.7 Å². The van der Waals surface area contributed by atoms with E-state index in [1.165, 1.54) is 36.8 Å². The Morgan fingerprint density at radius 1 is 1.07 bits per heavy atom. The van der Waals surface area contributed by atoms with Crippen molar-refractivity contribution in [3.05, 3.63) is 69.2 Å². The first kappa shape index (κ1) is 20.9. The minimum absolute atomic E-state index is 0.516. The van der Waals surface area contributed by atoms with E-state index < -0.39 is 0 Å². The van der Waals surface area contributed by atoms with E-state index in [-0.39, 0.29) is 0 Å². The highest BCUT2D eigenvalue weighted by atomic mass is 79.9. The van der Waals surface area contributed by atoms with E-state index in [9.17, 15) is 0 Å². The zero-order valence-electron chi connectivity index (χ0n) is 16.9. The van der Waals surface area contributed by atoms with Crippen LogP contribution >= 0.6 is 15.9 Å². The Morgan fingerprint density at radius 3 is 2.61 bits per heavy atom. The number of benzene rings is 2. The number of allylic oxidation sites excluding steroid dienone is 1. The molecule has 0 radical (unpaired) electrons. The molecule has 150 valence electrons. The molecule has 0 saturated heterocycles. The predicted molar refractivity (Wildman–Crippen MR) is 119 cm³/mol. The molecule has 0 aromatic heterocycles. The Kier molecular flexibility index (Phi) is 7.99. The summed E-state index contributed by atoms with van der Waals surface area (Å²) in [6.07, 6.45) is 8.79. The fourth-order valence-corrected chi connectivity index (χ4v) is 4.07. The molecule has 0 spiro atoms. The molecule has 1 aliphatic rings. The van der Waals surface area contributed by atoms with Gasteiger partial charge in [0.15, 0.2) is 11.5 Å². The third-order valence-electron chi connectivity index (χ3n) is 5.13. The van der Waals surface area contributed by atoms with Crippen LogP contribution in [-0.2, 0) is 13.2 Å². The number of methoxy groups -OCH3 is 1. The van der Waals surface area contributed by atoms with Crippen LogP contribution in [0.1, 0.15) is 48.8 Å². The molecule has 28 heavy (non-hydrogen) atoms. The summed E-state index contributed by atoms with van der Waals surface area (Å²) < 4.78 is 12.6. The summed E-state index contributed by atoms with van der Waals surface area (Å²) >= 11 is 3.65. The van der Waals surface area contributed by atoms with Crippen molar-refractivity contribution in [1.29, 1.82) is 0 Å². The lowest BCUT2D eigenvalue weighted by molar-refractivity contribution is 0.282. The molecule has 3 rings (SSSR count). The average Bonchev–Trinajstić information content (AvgIpc) is 2.72. The first-order valence-corrected chi connectivity index (χ1v) is 10.9. The van der Waals surface area contributed by atoms with Crippen LogP contribution in [0.25, 0.3) is 0 Å². The van der Waals surface area contributed by atoms with Gasteiger partial charge in [0.2, 0.25) is 0 Å². The van der Waals surface area contributed by atoms with Crippen LogP contribution < -0.4 is 14.8 Å². The third-order valence-corrected chi connectivity index (χ3v) is 5.72. The van der Waals surface area contributed by atoms with Gasteiger partial charge in [-0.15, -0.1) is 0 Å². The van der Waals surface area contributed by atoms with Crippen molar-refractivity contribution < 1.29 is 9.47 Å². The van der Waals surface area contributed by atoms with Gasteiger partial charge in [-0.2, -0.15) is 0 Å². The number of hydrogen-bond donors (Lipinski definition) is 1. The molecule has 0 heterocycles. The summed E-state index contributed by atoms with van der Waals surface area (Å²) in [5.41, 5.74) is 5.18. The van der Waals surface area contributed by atoms with Crippen molar-refractivity contribution in [3.8, 4) is 11.5 Å². The van der Waals surface area contributed by atoms with Gasteiger partial charge < -0.3 is 14.8 Å². The van der Waals surface area contributed by atoms with E-state index in [2.05, 4.69) is 70.6 Å². The normalized spacial score (nSPS) is 13.9. The summed E-state index contributed by atoms with van der Waals surface area (Å²) in [6.45, 7) is 4.43. The summed E-state index contributed by atoms with van der Waals surface area (Å²) in [6, 6.07) is 12.6. The first-order valence-electron chi connectivity index (χ1n) is 10.1. The van der Waals surface area contributed by atoms with Gasteiger partial charge in [-0.25, -0.2) is 0 Å². The summed E-state index contributed by atoms with van der Waals surface area (Å²) in [4.78, 5) is 0. The van der Waals surface area contributed by atoms with E-state index in [1.807, 2.05) is 0 Å². The molecule has 0 fully saturated rings. The maximum absolute atomic E-state index is 6.04. The smallest absolute Gasteiger partial charge is 0.175 e. The summed E-state index contributed by atoms with van der Waals surface area (Å²) in [5.74, 6) is 1.51. The fraction of sp³-hybridized carbons (Fsp3) is 0.417. The van der Waals surface area contributed by atoms with Crippen LogP contribution in [0.2, 0.25) is 0 Å². The number of ether oxygens (including phenoxy) is 2. The molecule has 2 aromatic rings. The molecule has 2 aromatic carbocycles.